The van der Waals surface area contributed by atoms with E-state index in [-0.39, 0.29) is 16.9 Å². The summed E-state index contributed by atoms with van der Waals surface area (Å²) < 4.78 is 5.34. The molecule has 1 aliphatic heterocycles. The number of amides is 1. The van der Waals surface area contributed by atoms with Crippen LogP contribution in [-0.2, 0) is 16.0 Å². The van der Waals surface area contributed by atoms with Crippen molar-refractivity contribution in [3.8, 4) is 0 Å². The maximum absolute atomic E-state index is 12.7. The third-order valence-corrected chi connectivity index (χ3v) is 4.29. The first-order valence-corrected chi connectivity index (χ1v) is 7.68. The van der Waals surface area contributed by atoms with Crippen LogP contribution >= 0.6 is 12.2 Å². The third kappa shape index (κ3) is 4.25. The van der Waals surface area contributed by atoms with E-state index in [0.29, 0.717) is 19.6 Å². The van der Waals surface area contributed by atoms with Crippen molar-refractivity contribution in [2.75, 3.05) is 20.3 Å². The first kappa shape index (κ1) is 15.9. The SMILES string of the molecule is CN(C(=O)C(Cc1ccccc1)C(N)=S)C1CCOCC1. The number of ether oxygens (including phenoxy) is 1. The van der Waals surface area contributed by atoms with Gasteiger partial charge in [-0.15, -0.1) is 0 Å². The zero-order valence-corrected chi connectivity index (χ0v) is 13.1. The fourth-order valence-corrected chi connectivity index (χ4v) is 2.84. The molecule has 1 saturated heterocycles. The molecule has 0 radical (unpaired) electrons. The molecule has 0 aromatic heterocycles. The lowest BCUT2D eigenvalue weighted by Crippen LogP contribution is -2.46. The van der Waals surface area contributed by atoms with Crippen molar-refractivity contribution < 1.29 is 9.53 Å². The summed E-state index contributed by atoms with van der Waals surface area (Å²) >= 11 is 5.12. The summed E-state index contributed by atoms with van der Waals surface area (Å²) in [4.78, 5) is 14.8. The molecule has 1 aromatic rings. The first-order valence-electron chi connectivity index (χ1n) is 7.27. The molecular formula is C16H22N2O2S. The molecule has 1 heterocycles. The van der Waals surface area contributed by atoms with Crippen LogP contribution in [-0.4, -0.2) is 42.1 Å². The smallest absolute Gasteiger partial charge is 0.232 e. The molecule has 0 bridgehead atoms. The number of hydrogen-bond donors (Lipinski definition) is 1. The van der Waals surface area contributed by atoms with Gasteiger partial charge in [0.2, 0.25) is 5.91 Å². The highest BCUT2D eigenvalue weighted by atomic mass is 32.1. The molecule has 4 nitrogen and oxygen atoms in total. The van der Waals surface area contributed by atoms with Crippen molar-refractivity contribution in [2.45, 2.75) is 25.3 Å². The van der Waals surface area contributed by atoms with Gasteiger partial charge in [-0.25, -0.2) is 0 Å². The average molecular weight is 306 g/mol. The fourth-order valence-electron chi connectivity index (χ4n) is 2.66. The second-order valence-corrected chi connectivity index (χ2v) is 5.91. The lowest BCUT2D eigenvalue weighted by Gasteiger charge is -2.33. The van der Waals surface area contributed by atoms with E-state index in [4.69, 9.17) is 22.7 Å². The summed E-state index contributed by atoms with van der Waals surface area (Å²) in [5.74, 6) is -0.423. The molecule has 0 aliphatic carbocycles. The Labute approximate surface area is 131 Å². The minimum atomic E-state index is -0.435. The highest BCUT2D eigenvalue weighted by Gasteiger charge is 2.29. The van der Waals surface area contributed by atoms with Crippen LogP contribution in [0.2, 0.25) is 0 Å². The number of nitrogens with two attached hydrogens (primary N) is 1. The predicted molar refractivity (Wildman–Crippen MR) is 87.0 cm³/mol. The second-order valence-electron chi connectivity index (χ2n) is 5.44. The molecule has 0 spiro atoms. The summed E-state index contributed by atoms with van der Waals surface area (Å²) in [5.41, 5.74) is 6.89. The number of carbonyl (C=O) groups is 1. The Morgan fingerprint density at radius 2 is 2.00 bits per heavy atom. The van der Waals surface area contributed by atoms with Crippen molar-refractivity contribution in [3.05, 3.63) is 35.9 Å². The fraction of sp³-hybridized carbons (Fsp3) is 0.500. The van der Waals surface area contributed by atoms with E-state index in [0.717, 1.165) is 18.4 Å². The van der Waals surface area contributed by atoms with Crippen molar-refractivity contribution >= 4 is 23.1 Å². The first-order chi connectivity index (χ1) is 10.1. The minimum Gasteiger partial charge on any atom is -0.393 e. The highest BCUT2D eigenvalue weighted by Crippen LogP contribution is 2.18. The van der Waals surface area contributed by atoms with E-state index in [1.165, 1.54) is 0 Å². The number of carbonyl (C=O) groups excluding carboxylic acids is 1. The van der Waals surface area contributed by atoms with Crippen LogP contribution in [0.25, 0.3) is 0 Å². The molecule has 1 amide bonds. The molecule has 114 valence electrons. The molecule has 1 aromatic carbocycles. The number of nitrogens with zero attached hydrogens (tertiary/aromatic N) is 1. The maximum Gasteiger partial charge on any atom is 0.232 e. The van der Waals surface area contributed by atoms with Crippen LogP contribution in [0, 0.1) is 5.92 Å². The summed E-state index contributed by atoms with van der Waals surface area (Å²) in [6.45, 7) is 1.41. The zero-order valence-electron chi connectivity index (χ0n) is 12.3. The molecule has 5 heteroatoms. The second kappa shape index (κ2) is 7.52. The third-order valence-electron chi connectivity index (χ3n) is 4.01. The van der Waals surface area contributed by atoms with Gasteiger partial charge in [0, 0.05) is 26.3 Å². The highest BCUT2D eigenvalue weighted by molar-refractivity contribution is 7.80. The summed E-state index contributed by atoms with van der Waals surface area (Å²) in [6.07, 6.45) is 2.30. The summed E-state index contributed by atoms with van der Waals surface area (Å²) in [5, 5.41) is 0. The molecule has 1 unspecified atom stereocenters. The topological polar surface area (TPSA) is 55.6 Å². The zero-order chi connectivity index (χ0) is 15.2. The lowest BCUT2D eigenvalue weighted by molar-refractivity contribution is -0.135. The van der Waals surface area contributed by atoms with Gasteiger partial charge in [-0.1, -0.05) is 42.5 Å². The van der Waals surface area contributed by atoms with E-state index >= 15 is 0 Å². The standard InChI is InChI=1S/C16H22N2O2S/c1-18(13-7-9-20-10-8-13)16(19)14(15(17)21)11-12-5-3-2-4-6-12/h2-6,13-14H,7-11H2,1H3,(H2,17,21). The van der Waals surface area contributed by atoms with Crippen LogP contribution in [0.3, 0.4) is 0 Å². The van der Waals surface area contributed by atoms with Crippen LogP contribution < -0.4 is 5.73 Å². The molecule has 0 saturated carbocycles. The molecule has 2 rings (SSSR count). The summed E-state index contributed by atoms with van der Waals surface area (Å²) in [6, 6.07) is 10.1. The van der Waals surface area contributed by atoms with Gasteiger partial charge in [0.15, 0.2) is 0 Å². The van der Waals surface area contributed by atoms with E-state index in [1.807, 2.05) is 37.4 Å². The quantitative estimate of drug-likeness (QED) is 0.842. The molecule has 1 fully saturated rings. The molecule has 21 heavy (non-hydrogen) atoms. The Morgan fingerprint density at radius 1 is 1.38 bits per heavy atom. The van der Waals surface area contributed by atoms with E-state index in [1.54, 1.807) is 4.90 Å². The van der Waals surface area contributed by atoms with Gasteiger partial charge in [-0.2, -0.15) is 0 Å². The number of thiocarbonyl (C=S) groups is 1. The van der Waals surface area contributed by atoms with Crippen molar-refractivity contribution in [1.82, 2.24) is 4.90 Å². The molecule has 1 atom stereocenters. The monoisotopic (exact) mass is 306 g/mol. The lowest BCUT2D eigenvalue weighted by atomic mass is 9.96. The van der Waals surface area contributed by atoms with Crippen LogP contribution in [0.15, 0.2) is 30.3 Å². The molecule has 1 aliphatic rings. The van der Waals surface area contributed by atoms with Crippen molar-refractivity contribution in [2.24, 2.45) is 11.7 Å². The van der Waals surface area contributed by atoms with Gasteiger partial charge in [0.1, 0.15) is 0 Å². The Hall–Kier alpha value is -1.46. The predicted octanol–water partition coefficient (Wildman–Crippen LogP) is 1.77. The van der Waals surface area contributed by atoms with Crippen LogP contribution in [0.1, 0.15) is 18.4 Å². The summed E-state index contributed by atoms with van der Waals surface area (Å²) in [7, 11) is 1.84. The Bertz CT molecular complexity index is 486. The van der Waals surface area contributed by atoms with Gasteiger partial charge in [-0.05, 0) is 24.8 Å². The molecule has 2 N–H and O–H groups in total. The largest absolute Gasteiger partial charge is 0.393 e. The van der Waals surface area contributed by atoms with Crippen molar-refractivity contribution in [1.29, 1.82) is 0 Å². The van der Waals surface area contributed by atoms with Gasteiger partial charge in [-0.3, -0.25) is 4.79 Å². The Morgan fingerprint density at radius 3 is 2.57 bits per heavy atom. The van der Waals surface area contributed by atoms with E-state index in [2.05, 4.69) is 0 Å². The van der Waals surface area contributed by atoms with Gasteiger partial charge in [0.05, 0.1) is 10.9 Å². The van der Waals surface area contributed by atoms with Crippen LogP contribution in [0.4, 0.5) is 0 Å². The van der Waals surface area contributed by atoms with E-state index in [9.17, 15) is 4.79 Å². The number of benzene rings is 1. The molecular weight excluding hydrogens is 284 g/mol. The minimum absolute atomic E-state index is 0.0123. The van der Waals surface area contributed by atoms with Crippen molar-refractivity contribution in [3.63, 3.8) is 0 Å². The normalized spacial score (nSPS) is 17.2. The van der Waals surface area contributed by atoms with Gasteiger partial charge >= 0.3 is 0 Å². The number of hydrogen-bond acceptors (Lipinski definition) is 3. The Balaban J connectivity index is 2.06. The van der Waals surface area contributed by atoms with E-state index < -0.39 is 5.92 Å². The Kier molecular flexibility index (Phi) is 5.70. The van der Waals surface area contributed by atoms with Crippen LogP contribution in [0.5, 0.6) is 0 Å². The van der Waals surface area contributed by atoms with Gasteiger partial charge in [0.25, 0.3) is 0 Å². The number of rotatable bonds is 5. The van der Waals surface area contributed by atoms with Gasteiger partial charge < -0.3 is 15.4 Å². The maximum atomic E-state index is 12.7. The average Bonchev–Trinajstić information content (AvgIpc) is 2.53.